The zero-order valence-corrected chi connectivity index (χ0v) is 16.5. The molecule has 2 N–H and O–H groups in total. The summed E-state index contributed by atoms with van der Waals surface area (Å²) in [6.45, 7) is -0.0118. The summed E-state index contributed by atoms with van der Waals surface area (Å²) >= 11 is 0. The Labute approximate surface area is 172 Å². The number of para-hydroxylation sites is 1. The first-order chi connectivity index (χ1) is 14.3. The van der Waals surface area contributed by atoms with E-state index in [1.165, 1.54) is 31.2 Å². The minimum atomic E-state index is -3.09. The Bertz CT molecular complexity index is 887. The molecule has 7 nitrogen and oxygen atoms in total. The first kappa shape index (κ1) is 22.8. The number of aryl methyl sites for hydroxylation is 1. The van der Waals surface area contributed by atoms with Gasteiger partial charge in [0.1, 0.15) is 12.3 Å². The van der Waals surface area contributed by atoms with Gasteiger partial charge in [-0.1, -0.05) is 42.0 Å². The molecule has 2 amide bonds. The van der Waals surface area contributed by atoms with Crippen LogP contribution in [-0.4, -0.2) is 37.0 Å². The molecule has 0 saturated heterocycles. The minimum absolute atomic E-state index is 0.158. The first-order valence-electron chi connectivity index (χ1n) is 9.11. The number of nitrogens with one attached hydrogen (secondary N) is 2. The molecule has 0 aromatic heterocycles. The van der Waals surface area contributed by atoms with E-state index in [4.69, 9.17) is 4.74 Å². The van der Waals surface area contributed by atoms with Gasteiger partial charge in [-0.3, -0.25) is 14.4 Å². The first-order valence-corrected chi connectivity index (χ1v) is 9.11. The molecule has 0 aliphatic rings. The summed E-state index contributed by atoms with van der Waals surface area (Å²) in [5, 5.41) is 4.90. The quantitative estimate of drug-likeness (QED) is 0.609. The van der Waals surface area contributed by atoms with E-state index in [9.17, 15) is 23.2 Å². The number of halogens is 2. The van der Waals surface area contributed by atoms with Crippen LogP contribution >= 0.6 is 0 Å². The zero-order chi connectivity index (χ0) is 22.1. The van der Waals surface area contributed by atoms with Crippen molar-refractivity contribution in [3.8, 4) is 5.75 Å². The number of rotatable bonds is 9. The lowest BCUT2D eigenvalue weighted by Crippen LogP contribution is -2.38. The maximum Gasteiger partial charge on any atom is 0.387 e. The van der Waals surface area contributed by atoms with Gasteiger partial charge in [0.2, 0.25) is 0 Å². The number of hydrogen-bond acceptors (Lipinski definition) is 5. The van der Waals surface area contributed by atoms with E-state index in [1.54, 1.807) is 0 Å². The number of hydrogen-bond donors (Lipinski definition) is 2. The van der Waals surface area contributed by atoms with E-state index < -0.39 is 37.0 Å². The number of alkyl halides is 2. The van der Waals surface area contributed by atoms with Crippen molar-refractivity contribution in [1.29, 1.82) is 0 Å². The molecule has 0 heterocycles. The molecule has 1 atom stereocenters. The second-order valence-corrected chi connectivity index (χ2v) is 6.39. The molecule has 2 rings (SSSR count). The second-order valence-electron chi connectivity index (χ2n) is 6.39. The fourth-order valence-electron chi connectivity index (χ4n) is 2.43. The highest BCUT2D eigenvalue weighted by Gasteiger charge is 2.20. The lowest BCUT2D eigenvalue weighted by Gasteiger charge is -2.14. The van der Waals surface area contributed by atoms with Gasteiger partial charge >= 0.3 is 12.6 Å². The van der Waals surface area contributed by atoms with Crippen molar-refractivity contribution in [2.75, 3.05) is 6.54 Å². The third-order valence-electron chi connectivity index (χ3n) is 4.01. The van der Waals surface area contributed by atoms with Gasteiger partial charge in [0.25, 0.3) is 11.8 Å². The highest BCUT2D eigenvalue weighted by atomic mass is 19.3. The third kappa shape index (κ3) is 7.16. The van der Waals surface area contributed by atoms with Gasteiger partial charge in [-0.25, -0.2) is 0 Å². The SMILES string of the molecule is Cc1ccc(CNC(=O)[C@H](C)OC(=O)CNC(=O)c2ccccc2OC(F)F)cc1. The molecule has 0 fully saturated rings. The standard InChI is InChI=1S/C21H22F2N2O5/c1-13-7-9-15(10-8-13)11-24-19(27)14(2)29-18(26)12-25-20(28)16-5-3-4-6-17(16)30-21(22)23/h3-10,14,21H,11-12H2,1-2H3,(H,24,27)(H,25,28)/t14-/m0/s1. The van der Waals surface area contributed by atoms with Crippen molar-refractivity contribution >= 4 is 17.8 Å². The van der Waals surface area contributed by atoms with E-state index in [0.29, 0.717) is 0 Å². The number of esters is 1. The fraction of sp³-hybridized carbons (Fsp3) is 0.286. The summed E-state index contributed by atoms with van der Waals surface area (Å²) in [4.78, 5) is 36.1. The summed E-state index contributed by atoms with van der Waals surface area (Å²) in [6.07, 6.45) is -1.07. The van der Waals surface area contributed by atoms with Crippen LogP contribution in [0.2, 0.25) is 0 Å². The van der Waals surface area contributed by atoms with E-state index in [2.05, 4.69) is 15.4 Å². The smallest absolute Gasteiger partial charge is 0.387 e. The molecule has 0 unspecified atom stereocenters. The van der Waals surface area contributed by atoms with Crippen molar-refractivity contribution < 1.29 is 32.6 Å². The van der Waals surface area contributed by atoms with Gasteiger partial charge in [-0.05, 0) is 31.5 Å². The summed E-state index contributed by atoms with van der Waals surface area (Å²) < 4.78 is 34.1. The Morgan fingerprint density at radius 2 is 1.67 bits per heavy atom. The Morgan fingerprint density at radius 3 is 2.33 bits per heavy atom. The summed E-state index contributed by atoms with van der Waals surface area (Å²) in [5.41, 5.74) is 1.83. The highest BCUT2D eigenvalue weighted by molar-refractivity contribution is 5.98. The van der Waals surface area contributed by atoms with Crippen LogP contribution < -0.4 is 15.4 Å². The van der Waals surface area contributed by atoms with E-state index in [0.717, 1.165) is 11.1 Å². The Kier molecular flexibility index (Phi) is 8.28. The van der Waals surface area contributed by atoms with Crippen LogP contribution in [0.4, 0.5) is 8.78 Å². The zero-order valence-electron chi connectivity index (χ0n) is 16.5. The molecule has 2 aromatic rings. The maximum atomic E-state index is 12.4. The molecule has 30 heavy (non-hydrogen) atoms. The molecular weight excluding hydrogens is 398 g/mol. The molecule has 0 saturated carbocycles. The molecule has 2 aromatic carbocycles. The molecule has 0 spiro atoms. The monoisotopic (exact) mass is 420 g/mol. The van der Waals surface area contributed by atoms with Crippen LogP contribution in [0.1, 0.15) is 28.4 Å². The van der Waals surface area contributed by atoms with Gasteiger partial charge in [-0.15, -0.1) is 0 Å². The van der Waals surface area contributed by atoms with Crippen molar-refractivity contribution in [3.05, 3.63) is 65.2 Å². The predicted molar refractivity (Wildman–Crippen MR) is 104 cm³/mol. The van der Waals surface area contributed by atoms with Crippen LogP contribution in [0.25, 0.3) is 0 Å². The lowest BCUT2D eigenvalue weighted by atomic mass is 10.1. The molecule has 160 valence electrons. The summed E-state index contributed by atoms with van der Waals surface area (Å²) in [6, 6.07) is 13.0. The summed E-state index contributed by atoms with van der Waals surface area (Å²) in [5.74, 6) is -2.46. The Morgan fingerprint density at radius 1 is 1.00 bits per heavy atom. The highest BCUT2D eigenvalue weighted by Crippen LogP contribution is 2.19. The number of carbonyl (C=O) groups excluding carboxylic acids is 3. The van der Waals surface area contributed by atoms with Crippen LogP contribution in [0.15, 0.2) is 48.5 Å². The number of benzene rings is 2. The molecule has 0 aliphatic heterocycles. The molecule has 0 aliphatic carbocycles. The number of amides is 2. The van der Waals surface area contributed by atoms with Gasteiger partial charge in [0, 0.05) is 6.54 Å². The average Bonchev–Trinajstić information content (AvgIpc) is 2.71. The van der Waals surface area contributed by atoms with Gasteiger partial charge in [0.05, 0.1) is 5.56 Å². The minimum Gasteiger partial charge on any atom is -0.451 e. The second kappa shape index (κ2) is 10.9. The van der Waals surface area contributed by atoms with E-state index >= 15 is 0 Å². The van der Waals surface area contributed by atoms with Gasteiger partial charge < -0.3 is 20.1 Å². The van der Waals surface area contributed by atoms with Gasteiger partial charge in [-0.2, -0.15) is 8.78 Å². The largest absolute Gasteiger partial charge is 0.451 e. The number of carbonyl (C=O) groups is 3. The number of ether oxygens (including phenoxy) is 2. The maximum absolute atomic E-state index is 12.4. The Balaban J connectivity index is 1.80. The predicted octanol–water partition coefficient (Wildman–Crippen LogP) is 2.57. The lowest BCUT2D eigenvalue weighted by molar-refractivity contribution is -0.153. The topological polar surface area (TPSA) is 93.7 Å². The third-order valence-corrected chi connectivity index (χ3v) is 4.01. The van der Waals surface area contributed by atoms with Crippen LogP contribution in [0.5, 0.6) is 5.75 Å². The van der Waals surface area contributed by atoms with Crippen molar-refractivity contribution in [2.45, 2.75) is 33.1 Å². The summed E-state index contributed by atoms with van der Waals surface area (Å²) in [7, 11) is 0. The molecule has 0 radical (unpaired) electrons. The van der Waals surface area contributed by atoms with Crippen molar-refractivity contribution in [3.63, 3.8) is 0 Å². The molecular formula is C21H22F2N2O5. The Hall–Kier alpha value is -3.49. The van der Waals surface area contributed by atoms with E-state index in [-0.39, 0.29) is 17.9 Å². The van der Waals surface area contributed by atoms with Crippen molar-refractivity contribution in [2.24, 2.45) is 0 Å². The van der Waals surface area contributed by atoms with Gasteiger partial charge in [0.15, 0.2) is 6.10 Å². The van der Waals surface area contributed by atoms with Crippen LogP contribution in [0, 0.1) is 6.92 Å². The van der Waals surface area contributed by atoms with Crippen LogP contribution in [0.3, 0.4) is 0 Å². The fourth-order valence-corrected chi connectivity index (χ4v) is 2.43. The normalized spacial score (nSPS) is 11.5. The van der Waals surface area contributed by atoms with E-state index in [1.807, 2.05) is 31.2 Å². The molecule has 0 bridgehead atoms. The average molecular weight is 420 g/mol. The molecule has 9 heteroatoms. The van der Waals surface area contributed by atoms with Crippen LogP contribution in [-0.2, 0) is 20.9 Å². The van der Waals surface area contributed by atoms with Crippen molar-refractivity contribution in [1.82, 2.24) is 10.6 Å².